The van der Waals surface area contributed by atoms with Crippen LogP contribution in [0.4, 0.5) is 0 Å². The Morgan fingerprint density at radius 1 is 0.957 bits per heavy atom. The highest BCUT2D eigenvalue weighted by Crippen LogP contribution is 2.26. The molecule has 0 bridgehead atoms. The summed E-state index contributed by atoms with van der Waals surface area (Å²) in [6, 6.07) is 18.6. The summed E-state index contributed by atoms with van der Waals surface area (Å²) in [6.45, 7) is 0. The Morgan fingerprint density at radius 2 is 1.70 bits per heavy atom. The van der Waals surface area contributed by atoms with Crippen molar-refractivity contribution in [2.75, 3.05) is 0 Å². The van der Waals surface area contributed by atoms with Gasteiger partial charge in [0.1, 0.15) is 0 Å². The molecule has 23 heavy (non-hydrogen) atoms. The smallest absolute Gasteiger partial charge is 0.267 e. The maximum atomic E-state index is 12.3. The van der Waals surface area contributed by atoms with E-state index < -0.39 is 0 Å². The molecule has 0 N–H and O–H groups in total. The Hall–Kier alpha value is -2.50. The number of nitrogens with zero attached hydrogens (tertiary/aromatic N) is 3. The summed E-state index contributed by atoms with van der Waals surface area (Å²) in [5.74, 6) is 0.514. The van der Waals surface area contributed by atoms with Crippen molar-refractivity contribution in [3.05, 3.63) is 76.0 Å². The Bertz CT molecular complexity index is 1040. The first-order chi connectivity index (χ1) is 11.2. The molecule has 112 valence electrons. The van der Waals surface area contributed by atoms with E-state index >= 15 is 0 Å². The second-order valence-corrected chi connectivity index (χ2v) is 6.40. The van der Waals surface area contributed by atoms with Gasteiger partial charge < -0.3 is 0 Å². The molecule has 0 aliphatic carbocycles. The quantitative estimate of drug-likeness (QED) is 0.551. The zero-order valence-electron chi connectivity index (χ0n) is 11.8. The Balaban J connectivity index is 1.87. The number of hydrogen-bond acceptors (Lipinski definition) is 4. The Morgan fingerprint density at radius 3 is 2.43 bits per heavy atom. The van der Waals surface area contributed by atoms with Crippen LogP contribution < -0.4 is 5.56 Å². The van der Waals surface area contributed by atoms with Crippen molar-refractivity contribution in [1.82, 2.24) is 14.6 Å². The maximum Gasteiger partial charge on any atom is 0.275 e. The van der Waals surface area contributed by atoms with Crippen molar-refractivity contribution in [2.45, 2.75) is 0 Å². The number of fused-ring (bicyclic) bond motifs is 1. The lowest BCUT2D eigenvalue weighted by molar-refractivity contribution is 0.934. The van der Waals surface area contributed by atoms with Gasteiger partial charge in [0, 0.05) is 21.5 Å². The molecule has 0 saturated heterocycles. The van der Waals surface area contributed by atoms with Crippen molar-refractivity contribution in [1.29, 1.82) is 0 Å². The van der Waals surface area contributed by atoms with Gasteiger partial charge in [-0.2, -0.15) is 9.50 Å². The molecule has 0 saturated carbocycles. The van der Waals surface area contributed by atoms with Gasteiger partial charge in [0.2, 0.25) is 4.96 Å². The zero-order valence-corrected chi connectivity index (χ0v) is 13.4. The minimum absolute atomic E-state index is 0.190. The fourth-order valence-electron chi connectivity index (χ4n) is 2.27. The number of aromatic nitrogens is 3. The summed E-state index contributed by atoms with van der Waals surface area (Å²) in [5, 5.41) is 4.96. The number of rotatable bonds is 2. The highest BCUT2D eigenvalue weighted by Gasteiger charge is 2.11. The van der Waals surface area contributed by atoms with Gasteiger partial charge in [-0.3, -0.25) is 4.79 Å². The molecule has 4 nitrogen and oxygen atoms in total. The van der Waals surface area contributed by atoms with Crippen molar-refractivity contribution >= 4 is 27.9 Å². The molecular formula is C17H10ClN3OS. The normalized spacial score (nSPS) is 11.0. The van der Waals surface area contributed by atoms with Gasteiger partial charge >= 0.3 is 0 Å². The highest BCUT2D eigenvalue weighted by atomic mass is 35.5. The molecule has 6 heteroatoms. The van der Waals surface area contributed by atoms with Gasteiger partial charge in [0.15, 0.2) is 5.82 Å². The van der Waals surface area contributed by atoms with Crippen molar-refractivity contribution in [3.63, 3.8) is 0 Å². The molecule has 0 fully saturated rings. The number of benzene rings is 2. The molecule has 0 aliphatic heterocycles. The van der Waals surface area contributed by atoms with E-state index in [1.807, 2.05) is 42.5 Å². The van der Waals surface area contributed by atoms with Crippen LogP contribution in [0.5, 0.6) is 0 Å². The van der Waals surface area contributed by atoms with Crippen LogP contribution in [0.1, 0.15) is 0 Å². The third kappa shape index (κ3) is 2.65. The molecule has 0 spiro atoms. The zero-order chi connectivity index (χ0) is 15.8. The molecule has 4 aromatic rings. The van der Waals surface area contributed by atoms with E-state index in [1.54, 1.807) is 18.2 Å². The van der Waals surface area contributed by atoms with Crippen LogP contribution in [-0.2, 0) is 0 Å². The molecule has 0 unspecified atom stereocenters. The molecule has 4 rings (SSSR count). The van der Waals surface area contributed by atoms with Gasteiger partial charge in [-0.15, -0.1) is 5.10 Å². The summed E-state index contributed by atoms with van der Waals surface area (Å²) in [5.41, 5.74) is 1.63. The van der Waals surface area contributed by atoms with Gasteiger partial charge in [-0.05, 0) is 29.8 Å². The Labute approximate surface area is 140 Å². The third-order valence-corrected chi connectivity index (χ3v) is 4.67. The first kappa shape index (κ1) is 14.1. The van der Waals surface area contributed by atoms with Gasteiger partial charge in [0.05, 0.1) is 0 Å². The van der Waals surface area contributed by atoms with Crippen LogP contribution in [0, 0.1) is 0 Å². The average Bonchev–Trinajstić information content (AvgIpc) is 3.01. The van der Waals surface area contributed by atoms with Crippen LogP contribution in [-0.4, -0.2) is 14.6 Å². The van der Waals surface area contributed by atoms with Crippen LogP contribution in [0.25, 0.3) is 26.8 Å². The van der Waals surface area contributed by atoms with E-state index in [0.717, 1.165) is 16.0 Å². The SMILES string of the molecule is O=c1cc(-c2ccccc2)sc2nc(-c3ccc(Cl)cc3)nn12. The summed E-state index contributed by atoms with van der Waals surface area (Å²) >= 11 is 7.33. The largest absolute Gasteiger partial charge is 0.275 e. The monoisotopic (exact) mass is 339 g/mol. The van der Waals surface area contributed by atoms with E-state index in [-0.39, 0.29) is 5.56 Å². The van der Waals surface area contributed by atoms with Crippen molar-refractivity contribution in [3.8, 4) is 21.8 Å². The van der Waals surface area contributed by atoms with E-state index in [1.165, 1.54) is 15.9 Å². The van der Waals surface area contributed by atoms with Gasteiger partial charge in [-0.25, -0.2) is 0 Å². The molecule has 0 amide bonds. The molecule has 2 aromatic carbocycles. The summed E-state index contributed by atoms with van der Waals surface area (Å²) in [6.07, 6.45) is 0. The maximum absolute atomic E-state index is 12.3. The van der Waals surface area contributed by atoms with Crippen LogP contribution in [0.2, 0.25) is 5.02 Å². The highest BCUT2D eigenvalue weighted by molar-refractivity contribution is 7.19. The van der Waals surface area contributed by atoms with Crippen molar-refractivity contribution < 1.29 is 0 Å². The lowest BCUT2D eigenvalue weighted by Gasteiger charge is -1.99. The fourth-order valence-corrected chi connectivity index (χ4v) is 3.36. The lowest BCUT2D eigenvalue weighted by Crippen LogP contribution is -2.11. The van der Waals surface area contributed by atoms with Gasteiger partial charge in [-0.1, -0.05) is 53.3 Å². The second-order valence-electron chi connectivity index (χ2n) is 4.95. The fraction of sp³-hybridized carbons (Fsp3) is 0. The standard InChI is InChI=1S/C17H10ClN3OS/c18-13-8-6-12(7-9-13)16-19-17-21(20-16)15(22)10-14(23-17)11-4-2-1-3-5-11/h1-10H. The van der Waals surface area contributed by atoms with E-state index in [9.17, 15) is 4.79 Å². The Kier molecular flexibility index (Phi) is 3.44. The summed E-state index contributed by atoms with van der Waals surface area (Å²) < 4.78 is 1.33. The molecule has 0 atom stereocenters. The van der Waals surface area contributed by atoms with E-state index in [0.29, 0.717) is 15.8 Å². The van der Waals surface area contributed by atoms with Crippen molar-refractivity contribution in [2.24, 2.45) is 0 Å². The third-order valence-electron chi connectivity index (χ3n) is 3.40. The van der Waals surface area contributed by atoms with Gasteiger partial charge in [0.25, 0.3) is 5.56 Å². The van der Waals surface area contributed by atoms with Crippen LogP contribution in [0.3, 0.4) is 0 Å². The molecule has 2 heterocycles. The second kappa shape index (κ2) is 5.61. The first-order valence-corrected chi connectivity index (χ1v) is 8.12. The first-order valence-electron chi connectivity index (χ1n) is 6.93. The van der Waals surface area contributed by atoms with Crippen LogP contribution in [0.15, 0.2) is 65.5 Å². The number of halogens is 1. The average molecular weight is 340 g/mol. The van der Waals surface area contributed by atoms with E-state index in [4.69, 9.17) is 11.6 Å². The number of hydrogen-bond donors (Lipinski definition) is 0. The van der Waals surface area contributed by atoms with Crippen LogP contribution >= 0.6 is 22.9 Å². The molecule has 2 aromatic heterocycles. The molecule has 0 aliphatic rings. The van der Waals surface area contributed by atoms with E-state index in [2.05, 4.69) is 10.1 Å². The minimum Gasteiger partial charge on any atom is -0.267 e. The summed E-state index contributed by atoms with van der Waals surface area (Å²) in [4.78, 5) is 18.2. The predicted molar refractivity (Wildman–Crippen MR) is 93.0 cm³/mol. The summed E-state index contributed by atoms with van der Waals surface area (Å²) in [7, 11) is 0. The lowest BCUT2D eigenvalue weighted by atomic mass is 10.2. The topological polar surface area (TPSA) is 47.3 Å². The predicted octanol–water partition coefficient (Wildman–Crippen LogP) is 4.14. The molecule has 0 radical (unpaired) electrons. The molecular weight excluding hydrogens is 330 g/mol. The minimum atomic E-state index is -0.190.